The van der Waals surface area contributed by atoms with E-state index in [2.05, 4.69) is 27.6 Å². The van der Waals surface area contributed by atoms with E-state index in [1.54, 1.807) is 61.8 Å². The highest BCUT2D eigenvalue weighted by atomic mass is 127. The minimum absolute atomic E-state index is 0. The molecule has 3 heterocycles. The number of thiol groups is 1. The molecule has 2 N–H and O–H groups in total. The topological polar surface area (TPSA) is 79.1 Å². The monoisotopic (exact) mass is 612 g/mol. The van der Waals surface area contributed by atoms with Gasteiger partial charge in [-0.1, -0.05) is 29.0 Å². The number of rotatable bonds is 8. The maximum atomic E-state index is 8.49. The van der Waals surface area contributed by atoms with Gasteiger partial charge in [0.2, 0.25) is 0 Å². The predicted octanol–water partition coefficient (Wildman–Crippen LogP) is 2.00. The second-order valence-corrected chi connectivity index (χ2v) is 9.80. The first-order valence-corrected chi connectivity index (χ1v) is 13.6. The highest BCUT2D eigenvalue weighted by Crippen LogP contribution is 2.34. The molecule has 3 aromatic rings. The van der Waals surface area contributed by atoms with E-state index in [9.17, 15) is 0 Å². The van der Waals surface area contributed by atoms with Crippen molar-refractivity contribution < 1.29 is 34.2 Å². The van der Waals surface area contributed by atoms with Gasteiger partial charge in [-0.05, 0) is 68.8 Å². The molecule has 0 aliphatic rings. The third-order valence-electron chi connectivity index (χ3n) is 2.54. The first-order chi connectivity index (χ1) is 14.3. The van der Waals surface area contributed by atoms with E-state index >= 15 is 0 Å². The molecule has 3 rings (SSSR count). The van der Waals surface area contributed by atoms with Crippen LogP contribution in [0.4, 0.5) is 0 Å². The van der Waals surface area contributed by atoms with E-state index in [4.69, 9.17) is 10.2 Å². The average molecular weight is 613 g/mol. The molecule has 0 saturated heterocycles. The molecule has 0 amide bonds. The Morgan fingerprint density at radius 3 is 1.37 bits per heavy atom. The van der Waals surface area contributed by atoms with Crippen LogP contribution in [-0.4, -0.2) is 49.9 Å². The molecule has 164 valence electrons. The highest BCUT2D eigenvalue weighted by Gasteiger charge is 1.97. The Morgan fingerprint density at radius 1 is 0.667 bits per heavy atom. The van der Waals surface area contributed by atoms with E-state index in [1.807, 2.05) is 54.6 Å². The van der Waals surface area contributed by atoms with Gasteiger partial charge in [0, 0.05) is 30.1 Å². The molecule has 0 aliphatic heterocycles. The van der Waals surface area contributed by atoms with Gasteiger partial charge in [-0.2, -0.15) is 12.6 Å². The lowest BCUT2D eigenvalue weighted by Crippen LogP contribution is -3.00. The summed E-state index contributed by atoms with van der Waals surface area (Å²) in [5.41, 5.74) is 0. The number of halogens is 1. The molecular weight excluding hydrogens is 589 g/mol. The van der Waals surface area contributed by atoms with Crippen molar-refractivity contribution in [3.63, 3.8) is 0 Å². The largest absolute Gasteiger partial charge is 1.00 e. The van der Waals surface area contributed by atoms with Crippen LogP contribution in [0, 0.1) is 0 Å². The van der Waals surface area contributed by atoms with E-state index in [1.165, 1.54) is 0 Å². The summed E-state index contributed by atoms with van der Waals surface area (Å²) >= 11 is 3.67. The summed E-state index contributed by atoms with van der Waals surface area (Å²) < 4.78 is 0. The standard InChI is InChI=1S/C10H8N2S2.C7H9NOS2.C2H6OS.HI/c1-3-7-11-9(5-1)13-14-10-6-2-4-8-12-10;9-5-6-10-11-7-3-1-2-4-8-7;3-1-2-4;/h1-8H;1-4,9H,5-6H2;3-4H,1-2H2;1H/p-1. The normalized spacial score (nSPS) is 9.30. The van der Waals surface area contributed by atoms with Crippen LogP contribution in [0.3, 0.4) is 0 Å². The molecule has 0 radical (unpaired) electrons. The Morgan fingerprint density at radius 2 is 1.07 bits per heavy atom. The van der Waals surface area contributed by atoms with Gasteiger partial charge in [0.05, 0.1) is 13.2 Å². The van der Waals surface area contributed by atoms with E-state index in [0.717, 1.165) is 20.8 Å². The highest BCUT2D eigenvalue weighted by molar-refractivity contribution is 8.77. The van der Waals surface area contributed by atoms with Gasteiger partial charge >= 0.3 is 0 Å². The van der Waals surface area contributed by atoms with Crippen molar-refractivity contribution in [2.45, 2.75) is 15.1 Å². The minimum atomic E-state index is 0. The summed E-state index contributed by atoms with van der Waals surface area (Å²) in [7, 11) is 6.43. The number of hydrogen-bond donors (Lipinski definition) is 3. The number of pyridine rings is 3. The van der Waals surface area contributed by atoms with Gasteiger partial charge in [0.1, 0.15) is 15.1 Å². The first kappa shape index (κ1) is 29.9. The van der Waals surface area contributed by atoms with Crippen LogP contribution in [0.15, 0.2) is 88.3 Å². The van der Waals surface area contributed by atoms with Crippen molar-refractivity contribution in [2.24, 2.45) is 0 Å². The molecular formula is C19H23IN3O2S5-. The van der Waals surface area contributed by atoms with Gasteiger partial charge in [-0.15, -0.1) is 0 Å². The molecule has 0 unspecified atom stereocenters. The van der Waals surface area contributed by atoms with Gasteiger partial charge in [0.15, 0.2) is 0 Å². The SMILES string of the molecule is OCCS.OCCSSc1ccccn1.[I-].c1ccc(SSc2ccccn2)nc1. The number of hydrogen-bond acceptors (Lipinski definition) is 10. The number of nitrogens with zero attached hydrogens (tertiary/aromatic N) is 3. The smallest absolute Gasteiger partial charge is 0.107 e. The molecule has 0 spiro atoms. The molecule has 0 fully saturated rings. The second kappa shape index (κ2) is 22.1. The molecule has 0 saturated carbocycles. The number of aliphatic hydroxyl groups is 2. The van der Waals surface area contributed by atoms with E-state index in [0.29, 0.717) is 5.75 Å². The van der Waals surface area contributed by atoms with Crippen LogP contribution in [0.1, 0.15) is 0 Å². The lowest BCUT2D eigenvalue weighted by molar-refractivity contribution is -0.00000786. The van der Waals surface area contributed by atoms with E-state index in [-0.39, 0.29) is 37.2 Å². The van der Waals surface area contributed by atoms with Crippen molar-refractivity contribution in [1.29, 1.82) is 0 Å². The zero-order chi connectivity index (χ0) is 21.0. The zero-order valence-electron chi connectivity index (χ0n) is 16.0. The van der Waals surface area contributed by atoms with E-state index < -0.39 is 0 Å². The van der Waals surface area contributed by atoms with Crippen molar-refractivity contribution in [3.05, 3.63) is 73.2 Å². The molecule has 0 bridgehead atoms. The fourth-order valence-electron chi connectivity index (χ4n) is 1.41. The number of aliphatic hydroxyl groups excluding tert-OH is 2. The summed E-state index contributed by atoms with van der Waals surface area (Å²) in [4.78, 5) is 12.5. The third-order valence-corrected chi connectivity index (χ3v) is 7.17. The van der Waals surface area contributed by atoms with Crippen LogP contribution in [0.25, 0.3) is 0 Å². The Labute approximate surface area is 216 Å². The first-order valence-electron chi connectivity index (χ1n) is 8.49. The Kier molecular flexibility index (Phi) is 21.9. The summed E-state index contributed by atoms with van der Waals surface area (Å²) in [5.74, 6) is 1.32. The van der Waals surface area contributed by atoms with Gasteiger partial charge in [-0.3, -0.25) is 0 Å². The summed E-state index contributed by atoms with van der Waals surface area (Å²) in [6, 6.07) is 17.6. The van der Waals surface area contributed by atoms with Crippen LogP contribution < -0.4 is 24.0 Å². The molecule has 11 heteroatoms. The summed E-state index contributed by atoms with van der Waals surface area (Å²) in [6.07, 6.45) is 5.35. The second-order valence-electron chi connectivity index (χ2n) is 4.75. The molecule has 0 aliphatic carbocycles. The maximum Gasteiger partial charge on any atom is 0.107 e. The molecule has 0 atom stereocenters. The lowest BCUT2D eigenvalue weighted by atomic mass is 10.5. The molecule has 3 aromatic heterocycles. The predicted molar refractivity (Wildman–Crippen MR) is 131 cm³/mol. The van der Waals surface area contributed by atoms with Crippen LogP contribution in [0.5, 0.6) is 0 Å². The van der Waals surface area contributed by atoms with Crippen molar-refractivity contribution in [1.82, 2.24) is 15.0 Å². The summed E-state index contributed by atoms with van der Waals surface area (Å²) in [5, 5.41) is 19.3. The molecule has 30 heavy (non-hydrogen) atoms. The van der Waals surface area contributed by atoms with Gasteiger partial charge in [0.25, 0.3) is 0 Å². The van der Waals surface area contributed by atoms with Crippen LogP contribution in [0.2, 0.25) is 0 Å². The fraction of sp³-hybridized carbons (Fsp3) is 0.211. The lowest BCUT2D eigenvalue weighted by Gasteiger charge is -1.97. The van der Waals surface area contributed by atoms with Crippen molar-refractivity contribution in [3.8, 4) is 0 Å². The summed E-state index contributed by atoms with van der Waals surface area (Å²) in [6.45, 7) is 0.410. The van der Waals surface area contributed by atoms with Crippen LogP contribution >= 0.6 is 55.8 Å². The van der Waals surface area contributed by atoms with Crippen molar-refractivity contribution >= 4 is 55.8 Å². The third kappa shape index (κ3) is 16.5. The quantitative estimate of drug-likeness (QED) is 0.153. The Bertz CT molecular complexity index is 693. The zero-order valence-corrected chi connectivity index (χ0v) is 22.3. The van der Waals surface area contributed by atoms with Crippen LogP contribution in [-0.2, 0) is 0 Å². The Hall–Kier alpha value is -0.150. The van der Waals surface area contributed by atoms with Crippen molar-refractivity contribution in [2.75, 3.05) is 24.7 Å². The minimum Gasteiger partial charge on any atom is -1.00 e. The maximum absolute atomic E-state index is 8.49. The number of aromatic nitrogens is 3. The van der Waals surface area contributed by atoms with Gasteiger partial charge in [-0.25, -0.2) is 15.0 Å². The molecule has 5 nitrogen and oxygen atoms in total. The van der Waals surface area contributed by atoms with Gasteiger partial charge < -0.3 is 34.2 Å². The average Bonchev–Trinajstić information content (AvgIpc) is 2.81. The Balaban J connectivity index is 0.000000473. The fourth-order valence-corrected chi connectivity index (χ4v) is 4.81. The molecule has 0 aromatic carbocycles.